The predicted molar refractivity (Wildman–Crippen MR) is 149 cm³/mol. The minimum atomic E-state index is -0.535. The summed E-state index contributed by atoms with van der Waals surface area (Å²) in [7, 11) is 1.60. The highest BCUT2D eigenvalue weighted by Crippen LogP contribution is 2.39. The molecule has 5 rings (SSSR count). The van der Waals surface area contributed by atoms with Crippen molar-refractivity contribution >= 4 is 17.5 Å². The maximum absolute atomic E-state index is 13.7. The molecule has 1 aliphatic heterocycles. The molecule has 1 atom stereocenters. The molecule has 1 amide bonds. The van der Waals surface area contributed by atoms with Gasteiger partial charge in [-0.15, -0.1) is 0 Å². The molecular weight excluding hydrogens is 494 g/mol. The van der Waals surface area contributed by atoms with E-state index in [1.807, 2.05) is 44.2 Å². The van der Waals surface area contributed by atoms with E-state index in [-0.39, 0.29) is 5.91 Å². The number of rotatable bonds is 9. The predicted octanol–water partition coefficient (Wildman–Crippen LogP) is 5.50. The Morgan fingerprint density at radius 2 is 1.85 bits per heavy atom. The molecule has 3 aromatic carbocycles. The number of fused-ring (bicyclic) bond motifs is 1. The number of benzene rings is 3. The Morgan fingerprint density at radius 3 is 2.59 bits per heavy atom. The van der Waals surface area contributed by atoms with Gasteiger partial charge in [0.05, 0.1) is 19.3 Å². The lowest BCUT2D eigenvalue weighted by molar-refractivity contribution is -0.113. The number of carbonyl (C=O) groups excluding carboxylic acids is 1. The van der Waals surface area contributed by atoms with Crippen molar-refractivity contribution in [3.05, 3.63) is 101 Å². The number of hydrogen-bond acceptors (Lipinski definition) is 7. The monoisotopic (exact) mass is 525 g/mol. The van der Waals surface area contributed by atoms with Gasteiger partial charge in [0, 0.05) is 11.4 Å². The molecular formula is C30H31N5O4. The van der Waals surface area contributed by atoms with Crippen LogP contribution in [0.15, 0.2) is 84.3 Å². The maximum atomic E-state index is 13.7. The standard InChI is InChI=1S/C30H31N5O4/c1-5-38-26-16-22(9-14-25(26)39-17-21-8-6-7-19(2)15-21)28-27(20(3)33-30-31-18-32-35(28)30)29(36)34-23-10-12-24(37-4)13-11-23/h6-16,18,28H,5,17H2,1-4H3,(H,34,36)(H,31,32,33)/t28-/m1/s1. The largest absolute Gasteiger partial charge is 0.497 e. The number of allylic oxidation sites excluding steroid dienone is 1. The SMILES string of the molecule is CCOc1cc([C@@H]2C(C(=O)Nc3ccc(OC)cc3)=C(C)Nc3ncnn32)ccc1OCc1cccc(C)c1. The summed E-state index contributed by atoms with van der Waals surface area (Å²) in [5, 5.41) is 10.6. The highest BCUT2D eigenvalue weighted by atomic mass is 16.5. The van der Waals surface area contributed by atoms with Crippen molar-refractivity contribution in [2.45, 2.75) is 33.4 Å². The first-order valence-electron chi connectivity index (χ1n) is 12.7. The zero-order valence-corrected chi connectivity index (χ0v) is 22.4. The first-order valence-corrected chi connectivity index (χ1v) is 12.7. The van der Waals surface area contributed by atoms with E-state index in [1.54, 1.807) is 36.1 Å². The van der Waals surface area contributed by atoms with Crippen molar-refractivity contribution in [2.75, 3.05) is 24.4 Å². The molecule has 39 heavy (non-hydrogen) atoms. The van der Waals surface area contributed by atoms with Crippen LogP contribution in [0.4, 0.5) is 11.6 Å². The van der Waals surface area contributed by atoms with Crippen LogP contribution in [0.1, 0.15) is 36.6 Å². The minimum absolute atomic E-state index is 0.256. The first-order chi connectivity index (χ1) is 19.0. The van der Waals surface area contributed by atoms with Crippen LogP contribution < -0.4 is 24.8 Å². The molecule has 1 aromatic heterocycles. The number of aromatic nitrogens is 3. The lowest BCUT2D eigenvalue weighted by atomic mass is 9.94. The third-order valence-corrected chi connectivity index (χ3v) is 6.45. The number of anilines is 2. The average Bonchev–Trinajstić information content (AvgIpc) is 3.40. The van der Waals surface area contributed by atoms with Gasteiger partial charge < -0.3 is 24.8 Å². The fourth-order valence-corrected chi connectivity index (χ4v) is 4.61. The van der Waals surface area contributed by atoms with Crippen LogP contribution in [-0.2, 0) is 11.4 Å². The third kappa shape index (κ3) is 5.57. The molecule has 2 heterocycles. The zero-order valence-electron chi connectivity index (χ0n) is 22.4. The van der Waals surface area contributed by atoms with Gasteiger partial charge in [-0.25, -0.2) is 4.68 Å². The molecule has 9 heteroatoms. The van der Waals surface area contributed by atoms with Gasteiger partial charge in [0.2, 0.25) is 5.95 Å². The molecule has 0 spiro atoms. The molecule has 0 saturated carbocycles. The second-order valence-corrected chi connectivity index (χ2v) is 9.19. The number of methoxy groups -OCH3 is 1. The first kappa shape index (κ1) is 25.8. The minimum Gasteiger partial charge on any atom is -0.497 e. The molecule has 0 radical (unpaired) electrons. The molecule has 4 aromatic rings. The summed E-state index contributed by atoms with van der Waals surface area (Å²) < 4.78 is 19.1. The van der Waals surface area contributed by atoms with Crippen LogP contribution in [-0.4, -0.2) is 34.4 Å². The molecule has 9 nitrogen and oxygen atoms in total. The van der Waals surface area contributed by atoms with Gasteiger partial charge in [0.25, 0.3) is 5.91 Å². The Hall–Kier alpha value is -4.79. The molecule has 2 N–H and O–H groups in total. The number of aryl methyl sites for hydroxylation is 1. The maximum Gasteiger partial charge on any atom is 0.255 e. The number of carbonyl (C=O) groups is 1. The van der Waals surface area contributed by atoms with E-state index >= 15 is 0 Å². The van der Waals surface area contributed by atoms with E-state index in [9.17, 15) is 4.79 Å². The van der Waals surface area contributed by atoms with Crippen LogP contribution >= 0.6 is 0 Å². The fraction of sp³-hybridized carbons (Fsp3) is 0.233. The summed E-state index contributed by atoms with van der Waals surface area (Å²) in [6.45, 7) is 6.71. The summed E-state index contributed by atoms with van der Waals surface area (Å²) in [6, 6.07) is 20.6. The van der Waals surface area contributed by atoms with E-state index < -0.39 is 6.04 Å². The molecule has 1 aliphatic rings. The summed E-state index contributed by atoms with van der Waals surface area (Å²) >= 11 is 0. The molecule has 0 unspecified atom stereocenters. The number of amides is 1. The van der Waals surface area contributed by atoms with Gasteiger partial charge in [-0.1, -0.05) is 35.9 Å². The lowest BCUT2D eigenvalue weighted by Gasteiger charge is -2.29. The van der Waals surface area contributed by atoms with Crippen LogP contribution in [0.25, 0.3) is 0 Å². The van der Waals surface area contributed by atoms with Crippen LogP contribution in [0.3, 0.4) is 0 Å². The van der Waals surface area contributed by atoms with E-state index in [1.165, 1.54) is 11.9 Å². The van der Waals surface area contributed by atoms with Crippen molar-refractivity contribution in [2.24, 2.45) is 0 Å². The normalized spacial score (nSPS) is 14.3. The Balaban J connectivity index is 1.47. The quantitative estimate of drug-likeness (QED) is 0.298. The summed E-state index contributed by atoms with van der Waals surface area (Å²) in [5.41, 5.74) is 4.91. The molecule has 200 valence electrons. The van der Waals surface area contributed by atoms with Crippen molar-refractivity contribution in [1.82, 2.24) is 14.8 Å². The highest BCUT2D eigenvalue weighted by Gasteiger charge is 2.34. The van der Waals surface area contributed by atoms with Crippen molar-refractivity contribution < 1.29 is 19.0 Å². The number of ether oxygens (including phenoxy) is 3. The van der Waals surface area contributed by atoms with Gasteiger partial charge in [-0.2, -0.15) is 10.1 Å². The number of nitrogens with one attached hydrogen (secondary N) is 2. The molecule has 0 saturated heterocycles. The topological polar surface area (TPSA) is 99.5 Å². The summed E-state index contributed by atoms with van der Waals surface area (Å²) in [5.74, 6) is 2.22. The van der Waals surface area contributed by atoms with Crippen molar-refractivity contribution in [1.29, 1.82) is 0 Å². The Labute approximate surface area is 227 Å². The third-order valence-electron chi connectivity index (χ3n) is 6.45. The van der Waals surface area contributed by atoms with Crippen molar-refractivity contribution in [3.63, 3.8) is 0 Å². The van der Waals surface area contributed by atoms with Gasteiger partial charge in [0.1, 0.15) is 24.7 Å². The Kier molecular flexibility index (Phi) is 7.49. The van der Waals surface area contributed by atoms with Gasteiger partial charge in [0.15, 0.2) is 11.5 Å². The van der Waals surface area contributed by atoms with E-state index in [2.05, 4.69) is 39.8 Å². The lowest BCUT2D eigenvalue weighted by Crippen LogP contribution is -2.31. The Bertz CT molecular complexity index is 1510. The molecule has 0 fully saturated rings. The van der Waals surface area contributed by atoms with E-state index in [0.717, 1.165) is 11.1 Å². The smallest absolute Gasteiger partial charge is 0.255 e. The second kappa shape index (κ2) is 11.3. The number of hydrogen-bond donors (Lipinski definition) is 2. The Morgan fingerprint density at radius 1 is 1.03 bits per heavy atom. The fourth-order valence-electron chi connectivity index (χ4n) is 4.61. The van der Waals surface area contributed by atoms with Gasteiger partial charge in [-0.3, -0.25) is 4.79 Å². The van der Waals surface area contributed by atoms with E-state index in [4.69, 9.17) is 14.2 Å². The summed E-state index contributed by atoms with van der Waals surface area (Å²) in [4.78, 5) is 18.0. The van der Waals surface area contributed by atoms with E-state index in [0.29, 0.717) is 53.4 Å². The summed E-state index contributed by atoms with van der Waals surface area (Å²) in [6.07, 6.45) is 1.47. The van der Waals surface area contributed by atoms with Crippen molar-refractivity contribution in [3.8, 4) is 17.2 Å². The van der Waals surface area contributed by atoms with Gasteiger partial charge >= 0.3 is 0 Å². The molecule has 0 bridgehead atoms. The van der Waals surface area contributed by atoms with Crippen LogP contribution in [0.2, 0.25) is 0 Å². The highest BCUT2D eigenvalue weighted by molar-refractivity contribution is 6.06. The second-order valence-electron chi connectivity index (χ2n) is 9.19. The van der Waals surface area contributed by atoms with Crippen LogP contribution in [0, 0.1) is 6.92 Å². The average molecular weight is 526 g/mol. The van der Waals surface area contributed by atoms with Gasteiger partial charge in [-0.05, 0) is 68.3 Å². The number of nitrogens with zero attached hydrogens (tertiary/aromatic N) is 3. The molecule has 0 aliphatic carbocycles. The van der Waals surface area contributed by atoms with Crippen LogP contribution in [0.5, 0.6) is 17.2 Å². The zero-order chi connectivity index (χ0) is 27.4.